The van der Waals surface area contributed by atoms with Gasteiger partial charge in [-0.15, -0.1) is 0 Å². The minimum Gasteiger partial charge on any atom is -0.482 e. The molecule has 5 nitrogen and oxygen atoms in total. The van der Waals surface area contributed by atoms with Crippen LogP contribution in [-0.4, -0.2) is 36.8 Å². The highest BCUT2D eigenvalue weighted by Gasteiger charge is 2.27. The lowest BCUT2D eigenvalue weighted by Gasteiger charge is -2.31. The number of carbonyl (C=O) groups excluding carboxylic acids is 1. The van der Waals surface area contributed by atoms with E-state index < -0.39 is 6.10 Å². The summed E-state index contributed by atoms with van der Waals surface area (Å²) in [6, 6.07) is 5.72. The van der Waals surface area contributed by atoms with Gasteiger partial charge in [0.1, 0.15) is 5.75 Å². The maximum absolute atomic E-state index is 11.9. The van der Waals surface area contributed by atoms with E-state index in [9.17, 15) is 9.90 Å². The van der Waals surface area contributed by atoms with Crippen molar-refractivity contribution in [1.29, 1.82) is 0 Å². The molecular weight excluding hydrogens is 268 g/mol. The predicted molar refractivity (Wildman–Crippen MR) is 80.6 cm³/mol. The molecule has 1 amide bonds. The van der Waals surface area contributed by atoms with E-state index in [1.54, 1.807) is 4.90 Å². The number of ether oxygens (including phenoxy) is 1. The number of hydrogen-bond donors (Lipinski definition) is 2. The van der Waals surface area contributed by atoms with Gasteiger partial charge in [0, 0.05) is 12.6 Å². The topological polar surface area (TPSA) is 61.8 Å². The van der Waals surface area contributed by atoms with Crippen molar-refractivity contribution in [3.8, 4) is 5.75 Å². The molecule has 3 rings (SSSR count). The zero-order chi connectivity index (χ0) is 14.8. The molecule has 2 atom stereocenters. The summed E-state index contributed by atoms with van der Waals surface area (Å²) in [6.45, 7) is 3.59. The summed E-state index contributed by atoms with van der Waals surface area (Å²) in [5, 5.41) is 13.9. The van der Waals surface area contributed by atoms with Crippen LogP contribution in [0.3, 0.4) is 0 Å². The maximum Gasteiger partial charge on any atom is 0.265 e. The number of nitrogens with zero attached hydrogens (tertiary/aromatic N) is 1. The fourth-order valence-electron chi connectivity index (χ4n) is 3.13. The van der Waals surface area contributed by atoms with Gasteiger partial charge < -0.3 is 20.1 Å². The van der Waals surface area contributed by atoms with E-state index in [0.29, 0.717) is 12.3 Å². The van der Waals surface area contributed by atoms with Crippen LogP contribution in [0, 0.1) is 0 Å². The van der Waals surface area contributed by atoms with Gasteiger partial charge in [-0.1, -0.05) is 12.5 Å². The minimum atomic E-state index is -0.550. The van der Waals surface area contributed by atoms with Crippen molar-refractivity contribution in [2.24, 2.45) is 0 Å². The first-order valence-corrected chi connectivity index (χ1v) is 7.69. The predicted octanol–water partition coefficient (Wildman–Crippen LogP) is 1.61. The highest BCUT2D eigenvalue weighted by molar-refractivity contribution is 5.97. The second-order valence-corrected chi connectivity index (χ2v) is 5.66. The minimum absolute atomic E-state index is 0.0348. The normalized spacial score (nSPS) is 23.4. The molecule has 1 saturated heterocycles. The number of rotatable bonds is 3. The van der Waals surface area contributed by atoms with Crippen molar-refractivity contribution >= 4 is 11.6 Å². The Labute approximate surface area is 124 Å². The molecule has 2 unspecified atom stereocenters. The number of hydrogen-bond acceptors (Lipinski definition) is 4. The second kappa shape index (κ2) is 6.03. The third-order valence-corrected chi connectivity index (χ3v) is 4.31. The molecule has 2 heterocycles. The Hall–Kier alpha value is -1.59. The fourth-order valence-corrected chi connectivity index (χ4v) is 3.13. The van der Waals surface area contributed by atoms with Crippen LogP contribution in [0.5, 0.6) is 5.75 Å². The maximum atomic E-state index is 11.9. The Morgan fingerprint density at radius 2 is 2.33 bits per heavy atom. The molecule has 0 aromatic heterocycles. The zero-order valence-electron chi connectivity index (χ0n) is 12.3. The van der Waals surface area contributed by atoms with Crippen LogP contribution in [0.1, 0.15) is 37.9 Å². The highest BCUT2D eigenvalue weighted by Crippen LogP contribution is 2.35. The third-order valence-electron chi connectivity index (χ3n) is 4.31. The van der Waals surface area contributed by atoms with Crippen LogP contribution < -0.4 is 15.0 Å². The van der Waals surface area contributed by atoms with Gasteiger partial charge in [0.05, 0.1) is 11.8 Å². The first kappa shape index (κ1) is 14.4. The van der Waals surface area contributed by atoms with Crippen LogP contribution in [0.25, 0.3) is 0 Å². The molecule has 21 heavy (non-hydrogen) atoms. The number of nitrogens with one attached hydrogen (secondary N) is 1. The molecule has 1 fully saturated rings. The van der Waals surface area contributed by atoms with E-state index in [1.807, 2.05) is 25.1 Å². The Bertz CT molecular complexity index is 526. The van der Waals surface area contributed by atoms with Crippen molar-refractivity contribution < 1.29 is 14.6 Å². The standard InChI is InChI=1S/C16H22N2O3/c1-2-18-13-9-11(6-7-14(13)21-10-15(18)19)16(20)12-5-3-4-8-17-12/h6-7,9,12,16-17,20H,2-5,8,10H2,1H3. The number of carbonyl (C=O) groups is 1. The molecule has 2 aliphatic heterocycles. The van der Waals surface area contributed by atoms with E-state index in [2.05, 4.69) is 5.32 Å². The molecule has 2 N–H and O–H groups in total. The monoisotopic (exact) mass is 290 g/mol. The average Bonchev–Trinajstić information content (AvgIpc) is 2.54. The van der Waals surface area contributed by atoms with Crippen LogP contribution in [0.4, 0.5) is 5.69 Å². The molecule has 5 heteroatoms. The van der Waals surface area contributed by atoms with E-state index in [1.165, 1.54) is 6.42 Å². The third kappa shape index (κ3) is 2.76. The van der Waals surface area contributed by atoms with Gasteiger partial charge in [-0.2, -0.15) is 0 Å². The van der Waals surface area contributed by atoms with Crippen LogP contribution >= 0.6 is 0 Å². The summed E-state index contributed by atoms with van der Waals surface area (Å²) >= 11 is 0. The van der Waals surface area contributed by atoms with Crippen molar-refractivity contribution in [2.75, 3.05) is 24.6 Å². The van der Waals surface area contributed by atoms with Gasteiger partial charge in [-0.05, 0) is 44.0 Å². The molecule has 0 radical (unpaired) electrons. The Morgan fingerprint density at radius 1 is 1.48 bits per heavy atom. The Morgan fingerprint density at radius 3 is 3.05 bits per heavy atom. The molecular formula is C16H22N2O3. The van der Waals surface area contributed by atoms with Gasteiger partial charge >= 0.3 is 0 Å². The molecule has 0 aliphatic carbocycles. The summed E-state index contributed by atoms with van der Waals surface area (Å²) in [5.41, 5.74) is 1.60. The lowest BCUT2D eigenvalue weighted by molar-refractivity contribution is -0.121. The van der Waals surface area contributed by atoms with E-state index in [0.717, 1.165) is 30.6 Å². The summed E-state index contributed by atoms with van der Waals surface area (Å²) in [4.78, 5) is 13.6. The van der Waals surface area contributed by atoms with Gasteiger partial charge in [0.2, 0.25) is 0 Å². The number of fused-ring (bicyclic) bond motifs is 1. The molecule has 114 valence electrons. The zero-order valence-corrected chi connectivity index (χ0v) is 12.3. The van der Waals surface area contributed by atoms with Gasteiger partial charge in [0.15, 0.2) is 6.61 Å². The van der Waals surface area contributed by atoms with E-state index in [4.69, 9.17) is 4.74 Å². The molecule has 1 aromatic carbocycles. The highest BCUT2D eigenvalue weighted by atomic mass is 16.5. The SMILES string of the molecule is CCN1C(=O)COc2ccc(C(O)C3CCCCN3)cc21. The first-order chi connectivity index (χ1) is 10.2. The van der Waals surface area contributed by atoms with E-state index >= 15 is 0 Å². The molecule has 0 saturated carbocycles. The molecule has 0 spiro atoms. The van der Waals surface area contributed by atoms with Crippen molar-refractivity contribution in [3.05, 3.63) is 23.8 Å². The van der Waals surface area contributed by atoms with E-state index in [-0.39, 0.29) is 18.6 Å². The molecule has 0 bridgehead atoms. The average molecular weight is 290 g/mol. The number of piperidine rings is 1. The lowest BCUT2D eigenvalue weighted by atomic mass is 9.94. The number of benzene rings is 1. The van der Waals surface area contributed by atoms with Crippen molar-refractivity contribution in [1.82, 2.24) is 5.32 Å². The number of anilines is 1. The second-order valence-electron chi connectivity index (χ2n) is 5.66. The number of aliphatic hydroxyl groups is 1. The van der Waals surface area contributed by atoms with Crippen molar-refractivity contribution in [2.45, 2.75) is 38.3 Å². The molecule has 2 aliphatic rings. The van der Waals surface area contributed by atoms with Crippen molar-refractivity contribution in [3.63, 3.8) is 0 Å². The number of likely N-dealkylation sites (N-methyl/N-ethyl adjacent to an activating group) is 1. The summed E-state index contributed by atoms with van der Waals surface area (Å²) in [7, 11) is 0. The molecule has 1 aromatic rings. The van der Waals surface area contributed by atoms with Gasteiger partial charge in [0.25, 0.3) is 5.91 Å². The Balaban J connectivity index is 1.87. The quantitative estimate of drug-likeness (QED) is 0.888. The van der Waals surface area contributed by atoms with Crippen LogP contribution in [-0.2, 0) is 4.79 Å². The van der Waals surface area contributed by atoms with Gasteiger partial charge in [-0.25, -0.2) is 0 Å². The summed E-state index contributed by atoms with van der Waals surface area (Å²) < 4.78 is 5.46. The summed E-state index contributed by atoms with van der Waals surface area (Å²) in [5.74, 6) is 0.677. The Kier molecular flexibility index (Phi) is 4.12. The van der Waals surface area contributed by atoms with Crippen LogP contribution in [0.15, 0.2) is 18.2 Å². The van der Waals surface area contributed by atoms with Gasteiger partial charge in [-0.3, -0.25) is 4.79 Å². The summed E-state index contributed by atoms with van der Waals surface area (Å²) in [6.07, 6.45) is 2.73. The number of amides is 1. The van der Waals surface area contributed by atoms with Crippen LogP contribution in [0.2, 0.25) is 0 Å². The lowest BCUT2D eigenvalue weighted by Crippen LogP contribution is -2.40. The smallest absolute Gasteiger partial charge is 0.265 e. The number of aliphatic hydroxyl groups excluding tert-OH is 1. The first-order valence-electron chi connectivity index (χ1n) is 7.69. The largest absolute Gasteiger partial charge is 0.482 e. The fraction of sp³-hybridized carbons (Fsp3) is 0.562.